The smallest absolute Gasteiger partial charge is 0.312 e. The highest BCUT2D eigenvalue weighted by Crippen LogP contribution is 2.29. The minimum atomic E-state index is -1.12. The molecular formula is C13H18N2O5. The molecule has 0 amide bonds. The van der Waals surface area contributed by atoms with Gasteiger partial charge >= 0.3 is 11.7 Å². The van der Waals surface area contributed by atoms with Gasteiger partial charge < -0.3 is 15.2 Å². The highest BCUT2D eigenvalue weighted by Gasteiger charge is 2.29. The molecule has 1 rings (SSSR count). The van der Waals surface area contributed by atoms with Crippen molar-refractivity contribution in [3.8, 4) is 5.75 Å². The fraction of sp³-hybridized carbons (Fsp3) is 0.462. The van der Waals surface area contributed by atoms with Crippen LogP contribution in [0.4, 0.5) is 5.69 Å². The molecule has 2 N–H and O–H groups in total. The number of rotatable bonds is 7. The average Bonchev–Trinajstić information content (AvgIpc) is 2.36. The van der Waals surface area contributed by atoms with Gasteiger partial charge in [-0.25, -0.2) is 0 Å². The molecule has 0 fully saturated rings. The normalized spacial score (nSPS) is 11.2. The van der Waals surface area contributed by atoms with E-state index in [1.54, 1.807) is 19.2 Å². The molecule has 20 heavy (non-hydrogen) atoms. The third-order valence-corrected chi connectivity index (χ3v) is 2.77. The van der Waals surface area contributed by atoms with Crippen LogP contribution in [-0.4, -0.2) is 29.7 Å². The Kier molecular flexibility index (Phi) is 5.04. The topological polar surface area (TPSA) is 102 Å². The summed E-state index contributed by atoms with van der Waals surface area (Å²) in [4.78, 5) is 21.4. The Morgan fingerprint density at radius 1 is 1.50 bits per heavy atom. The molecule has 0 heterocycles. The van der Waals surface area contributed by atoms with Gasteiger partial charge in [-0.15, -0.1) is 0 Å². The number of carboxylic acid groups (broad SMARTS) is 1. The first-order chi connectivity index (χ1) is 9.27. The lowest BCUT2D eigenvalue weighted by molar-refractivity contribution is -0.386. The maximum absolute atomic E-state index is 11.0. The summed E-state index contributed by atoms with van der Waals surface area (Å²) in [5.74, 6) is -0.941. The van der Waals surface area contributed by atoms with Gasteiger partial charge in [0.1, 0.15) is 6.61 Å². The van der Waals surface area contributed by atoms with E-state index >= 15 is 0 Å². The third kappa shape index (κ3) is 3.92. The largest absolute Gasteiger partial charge is 0.486 e. The van der Waals surface area contributed by atoms with Gasteiger partial charge in [-0.05, 0) is 32.5 Å². The van der Waals surface area contributed by atoms with Crippen molar-refractivity contribution >= 4 is 11.7 Å². The monoisotopic (exact) mass is 282 g/mol. The van der Waals surface area contributed by atoms with E-state index in [0.29, 0.717) is 6.54 Å². The molecule has 1 aromatic carbocycles. The summed E-state index contributed by atoms with van der Waals surface area (Å²) >= 11 is 0. The number of aliphatic carboxylic acids is 1. The molecule has 0 spiro atoms. The zero-order valence-electron chi connectivity index (χ0n) is 11.7. The van der Waals surface area contributed by atoms with Crippen molar-refractivity contribution in [1.82, 2.24) is 5.32 Å². The first-order valence-electron chi connectivity index (χ1n) is 6.06. The lowest BCUT2D eigenvalue weighted by atomic mass is 9.95. The van der Waals surface area contributed by atoms with Crippen molar-refractivity contribution in [1.29, 1.82) is 0 Å². The predicted octanol–water partition coefficient (Wildman–Crippen LogP) is 1.80. The number of carboxylic acids is 1. The van der Waals surface area contributed by atoms with Crippen molar-refractivity contribution in [3.05, 3.63) is 33.9 Å². The van der Waals surface area contributed by atoms with E-state index in [0.717, 1.165) is 5.56 Å². The number of benzene rings is 1. The Hall–Kier alpha value is -2.15. The fourth-order valence-electron chi connectivity index (χ4n) is 1.46. The van der Waals surface area contributed by atoms with E-state index < -0.39 is 16.3 Å². The molecule has 0 aliphatic rings. The summed E-state index contributed by atoms with van der Waals surface area (Å²) in [6.07, 6.45) is 0. The summed E-state index contributed by atoms with van der Waals surface area (Å²) in [6, 6.07) is 4.53. The fourth-order valence-corrected chi connectivity index (χ4v) is 1.46. The van der Waals surface area contributed by atoms with E-state index in [4.69, 9.17) is 9.84 Å². The number of carbonyl (C=O) groups is 1. The van der Waals surface area contributed by atoms with Crippen LogP contribution in [0.2, 0.25) is 0 Å². The first kappa shape index (κ1) is 15.9. The van der Waals surface area contributed by atoms with Gasteiger partial charge in [0.15, 0.2) is 5.75 Å². The molecule has 0 aromatic heterocycles. The molecule has 0 radical (unpaired) electrons. The molecule has 0 aliphatic carbocycles. The number of nitrogens with one attached hydrogen (secondary N) is 1. The van der Waals surface area contributed by atoms with Gasteiger partial charge in [-0.1, -0.05) is 6.07 Å². The van der Waals surface area contributed by atoms with Crippen LogP contribution in [0.15, 0.2) is 18.2 Å². The summed E-state index contributed by atoms with van der Waals surface area (Å²) in [6.45, 7) is 3.39. The molecule has 1 aromatic rings. The van der Waals surface area contributed by atoms with Crippen LogP contribution in [0.25, 0.3) is 0 Å². The number of nitro groups is 1. The van der Waals surface area contributed by atoms with E-state index in [2.05, 4.69) is 5.32 Å². The Balaban J connectivity index is 2.98. The Morgan fingerprint density at radius 3 is 2.65 bits per heavy atom. The summed E-state index contributed by atoms with van der Waals surface area (Å²) in [7, 11) is 1.76. The highest BCUT2D eigenvalue weighted by atomic mass is 16.6. The van der Waals surface area contributed by atoms with Crippen LogP contribution in [0.5, 0.6) is 5.75 Å². The third-order valence-electron chi connectivity index (χ3n) is 2.77. The Labute approximate surface area is 116 Å². The summed E-state index contributed by atoms with van der Waals surface area (Å²) in [5.41, 5.74) is -0.473. The number of hydrogen-bond donors (Lipinski definition) is 2. The van der Waals surface area contributed by atoms with Crippen molar-refractivity contribution in [2.24, 2.45) is 5.41 Å². The molecule has 0 saturated heterocycles. The lowest BCUT2D eigenvalue weighted by Crippen LogP contribution is -2.30. The van der Waals surface area contributed by atoms with Crippen LogP contribution in [0, 0.1) is 15.5 Å². The minimum Gasteiger partial charge on any atom is -0.486 e. The second-order valence-corrected chi connectivity index (χ2v) is 5.07. The zero-order valence-corrected chi connectivity index (χ0v) is 11.7. The molecule has 0 atom stereocenters. The van der Waals surface area contributed by atoms with Gasteiger partial charge in [-0.3, -0.25) is 14.9 Å². The van der Waals surface area contributed by atoms with Crippen molar-refractivity contribution in [2.45, 2.75) is 20.4 Å². The minimum absolute atomic E-state index is 0.0806. The van der Waals surface area contributed by atoms with Crippen molar-refractivity contribution < 1.29 is 19.6 Å². The Bertz CT molecular complexity index is 513. The van der Waals surface area contributed by atoms with Crippen molar-refractivity contribution in [3.63, 3.8) is 0 Å². The SMILES string of the molecule is CNCc1ccc([N+](=O)[O-])c(OCC(C)(C)C(=O)O)c1. The molecular weight excluding hydrogens is 264 g/mol. The number of nitro benzene ring substituents is 1. The molecule has 7 heteroatoms. The standard InChI is InChI=1S/C13H18N2O5/c1-13(2,12(16)17)8-20-11-6-9(7-14-3)4-5-10(11)15(18)19/h4-6,14H,7-8H2,1-3H3,(H,16,17). The van der Waals surface area contributed by atoms with Crippen LogP contribution >= 0.6 is 0 Å². The first-order valence-corrected chi connectivity index (χ1v) is 6.06. The highest BCUT2D eigenvalue weighted by molar-refractivity contribution is 5.73. The maximum Gasteiger partial charge on any atom is 0.312 e. The molecule has 7 nitrogen and oxygen atoms in total. The number of hydrogen-bond acceptors (Lipinski definition) is 5. The molecule has 0 aliphatic heterocycles. The van der Waals surface area contributed by atoms with Gasteiger partial charge in [0.25, 0.3) is 0 Å². The predicted molar refractivity (Wildman–Crippen MR) is 72.8 cm³/mol. The van der Waals surface area contributed by atoms with Gasteiger partial charge in [0.05, 0.1) is 10.3 Å². The van der Waals surface area contributed by atoms with Gasteiger partial charge in [-0.2, -0.15) is 0 Å². The van der Waals surface area contributed by atoms with Gasteiger partial charge in [0, 0.05) is 12.6 Å². The van der Waals surface area contributed by atoms with Gasteiger partial charge in [0.2, 0.25) is 0 Å². The quantitative estimate of drug-likeness (QED) is 0.584. The maximum atomic E-state index is 11.0. The molecule has 0 unspecified atom stereocenters. The van der Waals surface area contributed by atoms with Crippen molar-refractivity contribution in [2.75, 3.05) is 13.7 Å². The van der Waals surface area contributed by atoms with Crippen LogP contribution in [0.3, 0.4) is 0 Å². The van der Waals surface area contributed by atoms with Crippen LogP contribution in [0.1, 0.15) is 19.4 Å². The van der Waals surface area contributed by atoms with E-state index in [1.165, 1.54) is 19.9 Å². The number of ether oxygens (including phenoxy) is 1. The molecule has 0 saturated carbocycles. The second kappa shape index (κ2) is 6.33. The van der Waals surface area contributed by atoms with E-state index in [1.807, 2.05) is 0 Å². The zero-order chi connectivity index (χ0) is 15.3. The molecule has 110 valence electrons. The summed E-state index contributed by atoms with van der Waals surface area (Å²) < 4.78 is 5.36. The van der Waals surface area contributed by atoms with E-state index in [-0.39, 0.29) is 18.0 Å². The average molecular weight is 282 g/mol. The second-order valence-electron chi connectivity index (χ2n) is 5.07. The lowest BCUT2D eigenvalue weighted by Gasteiger charge is -2.19. The van der Waals surface area contributed by atoms with Crippen LogP contribution < -0.4 is 10.1 Å². The molecule has 0 bridgehead atoms. The van der Waals surface area contributed by atoms with E-state index in [9.17, 15) is 14.9 Å². The summed E-state index contributed by atoms with van der Waals surface area (Å²) in [5, 5.41) is 22.9. The van der Waals surface area contributed by atoms with Crippen LogP contribution in [-0.2, 0) is 11.3 Å². The number of nitrogens with zero attached hydrogens (tertiary/aromatic N) is 1. The Morgan fingerprint density at radius 2 is 2.15 bits per heavy atom.